The summed E-state index contributed by atoms with van der Waals surface area (Å²) in [6, 6.07) is 15.7. The van der Waals surface area contributed by atoms with Gasteiger partial charge in [-0.1, -0.05) is 42.5 Å². The average Bonchev–Trinajstić information content (AvgIpc) is 2.39. The Morgan fingerprint density at radius 2 is 1.68 bits per heavy atom. The van der Waals surface area contributed by atoms with Crippen LogP contribution < -0.4 is 5.32 Å². The molecule has 2 aromatic carbocycles. The van der Waals surface area contributed by atoms with E-state index in [-0.39, 0.29) is 12.4 Å². The van der Waals surface area contributed by atoms with Crippen LogP contribution in [0.3, 0.4) is 0 Å². The molecule has 2 aromatic rings. The van der Waals surface area contributed by atoms with Gasteiger partial charge in [0, 0.05) is 6.54 Å². The summed E-state index contributed by atoms with van der Waals surface area (Å²) in [5.74, 6) is 0. The maximum absolute atomic E-state index is 3.67. The van der Waals surface area contributed by atoms with Crippen molar-refractivity contribution >= 4 is 12.4 Å². The van der Waals surface area contributed by atoms with Crippen LogP contribution in [-0.4, -0.2) is 6.54 Å². The largest absolute Gasteiger partial charge is 0.306 e. The zero-order valence-corrected chi connectivity index (χ0v) is 12.3. The molecule has 1 aliphatic heterocycles. The van der Waals surface area contributed by atoms with E-state index in [9.17, 15) is 0 Å². The van der Waals surface area contributed by atoms with Gasteiger partial charge in [0.15, 0.2) is 0 Å². The molecule has 1 heterocycles. The molecule has 1 nitrogen and oxygen atoms in total. The molecule has 1 aliphatic rings. The first-order valence-electron chi connectivity index (χ1n) is 6.64. The van der Waals surface area contributed by atoms with E-state index in [0.29, 0.717) is 6.04 Å². The fraction of sp³-hybridized carbons (Fsp3) is 0.294. The number of hydrogen-bond donors (Lipinski definition) is 1. The fourth-order valence-electron chi connectivity index (χ4n) is 3.00. The van der Waals surface area contributed by atoms with Gasteiger partial charge in [0.1, 0.15) is 0 Å². The Morgan fingerprint density at radius 1 is 0.947 bits per heavy atom. The quantitative estimate of drug-likeness (QED) is 0.829. The molecule has 0 aromatic heterocycles. The Kier molecular flexibility index (Phi) is 4.28. The van der Waals surface area contributed by atoms with Gasteiger partial charge in [-0.15, -0.1) is 12.4 Å². The summed E-state index contributed by atoms with van der Waals surface area (Å²) < 4.78 is 0. The Morgan fingerprint density at radius 3 is 2.47 bits per heavy atom. The summed E-state index contributed by atoms with van der Waals surface area (Å²) in [6.07, 6.45) is 1.14. The van der Waals surface area contributed by atoms with Crippen LogP contribution in [0.4, 0.5) is 0 Å². The molecule has 100 valence electrons. The Balaban J connectivity index is 0.00000133. The molecule has 0 unspecified atom stereocenters. The number of hydrogen-bond acceptors (Lipinski definition) is 1. The molecular weight excluding hydrogens is 254 g/mol. The van der Waals surface area contributed by atoms with E-state index >= 15 is 0 Å². The summed E-state index contributed by atoms with van der Waals surface area (Å²) in [5.41, 5.74) is 7.16. The molecule has 1 atom stereocenters. The van der Waals surface area contributed by atoms with E-state index in [1.807, 2.05) is 0 Å². The second kappa shape index (κ2) is 5.77. The van der Waals surface area contributed by atoms with Crippen LogP contribution in [0.15, 0.2) is 42.5 Å². The second-order valence-corrected chi connectivity index (χ2v) is 5.14. The lowest BCUT2D eigenvalue weighted by atomic mass is 9.85. The van der Waals surface area contributed by atoms with Crippen LogP contribution >= 0.6 is 12.4 Å². The first kappa shape index (κ1) is 14.1. The topological polar surface area (TPSA) is 12.0 Å². The van der Waals surface area contributed by atoms with Gasteiger partial charge in [-0.2, -0.15) is 0 Å². The standard InChI is InChI=1S/C17H19N.ClH/c1-12-6-3-4-9-15(12)17-16-13(2)7-5-8-14(16)10-11-18-17;/h3-9,17-18H,10-11H2,1-2H3;1H/t17-;/m0./s1. The van der Waals surface area contributed by atoms with E-state index < -0.39 is 0 Å². The summed E-state index contributed by atoms with van der Waals surface area (Å²) >= 11 is 0. The zero-order valence-electron chi connectivity index (χ0n) is 11.4. The van der Waals surface area contributed by atoms with Crippen LogP contribution in [0, 0.1) is 13.8 Å². The van der Waals surface area contributed by atoms with Crippen molar-refractivity contribution in [3.63, 3.8) is 0 Å². The zero-order chi connectivity index (χ0) is 12.5. The van der Waals surface area contributed by atoms with Crippen LogP contribution in [0.2, 0.25) is 0 Å². The Bertz CT molecular complexity index is 577. The van der Waals surface area contributed by atoms with Crippen LogP contribution in [-0.2, 0) is 6.42 Å². The van der Waals surface area contributed by atoms with Crippen LogP contribution in [0.5, 0.6) is 0 Å². The molecule has 2 heteroatoms. The second-order valence-electron chi connectivity index (χ2n) is 5.14. The first-order chi connectivity index (χ1) is 8.77. The normalized spacial score (nSPS) is 17.5. The minimum atomic E-state index is 0. The van der Waals surface area contributed by atoms with Crippen molar-refractivity contribution in [1.82, 2.24) is 5.32 Å². The van der Waals surface area contributed by atoms with Crippen LogP contribution in [0.1, 0.15) is 33.9 Å². The van der Waals surface area contributed by atoms with Gasteiger partial charge in [0.05, 0.1) is 6.04 Å². The third kappa shape index (κ3) is 2.54. The van der Waals surface area contributed by atoms with Crippen molar-refractivity contribution in [2.45, 2.75) is 26.3 Å². The molecular formula is C17H20ClN. The lowest BCUT2D eigenvalue weighted by Crippen LogP contribution is -2.31. The lowest BCUT2D eigenvalue weighted by Gasteiger charge is -2.30. The summed E-state index contributed by atoms with van der Waals surface area (Å²) in [4.78, 5) is 0. The number of rotatable bonds is 1. The average molecular weight is 274 g/mol. The SMILES string of the molecule is Cc1ccccc1[C@@H]1NCCc2cccc(C)c21.Cl. The fourth-order valence-corrected chi connectivity index (χ4v) is 3.00. The van der Waals surface area contributed by atoms with Gasteiger partial charge in [0.25, 0.3) is 0 Å². The molecule has 0 amide bonds. The Hall–Kier alpha value is -1.31. The van der Waals surface area contributed by atoms with Crippen molar-refractivity contribution in [2.75, 3.05) is 6.54 Å². The summed E-state index contributed by atoms with van der Waals surface area (Å²) in [6.45, 7) is 5.48. The van der Waals surface area contributed by atoms with E-state index in [1.54, 1.807) is 0 Å². The van der Waals surface area contributed by atoms with Gasteiger partial charge in [-0.3, -0.25) is 0 Å². The highest BCUT2D eigenvalue weighted by Gasteiger charge is 2.23. The molecule has 1 N–H and O–H groups in total. The highest BCUT2D eigenvalue weighted by molar-refractivity contribution is 5.85. The van der Waals surface area contributed by atoms with Crippen molar-refractivity contribution in [2.24, 2.45) is 0 Å². The summed E-state index contributed by atoms with van der Waals surface area (Å²) in [7, 11) is 0. The maximum Gasteiger partial charge on any atom is 0.0584 e. The van der Waals surface area contributed by atoms with Crippen molar-refractivity contribution in [3.8, 4) is 0 Å². The number of nitrogens with one attached hydrogen (secondary N) is 1. The number of aryl methyl sites for hydroxylation is 2. The molecule has 0 saturated heterocycles. The molecule has 0 aliphatic carbocycles. The summed E-state index contributed by atoms with van der Waals surface area (Å²) in [5, 5.41) is 3.67. The molecule has 3 rings (SSSR count). The highest BCUT2D eigenvalue weighted by Crippen LogP contribution is 2.32. The lowest BCUT2D eigenvalue weighted by molar-refractivity contribution is 0.563. The van der Waals surface area contributed by atoms with Crippen molar-refractivity contribution < 1.29 is 0 Å². The minimum absolute atomic E-state index is 0. The number of halogens is 1. The van der Waals surface area contributed by atoms with E-state index in [4.69, 9.17) is 0 Å². The minimum Gasteiger partial charge on any atom is -0.306 e. The van der Waals surface area contributed by atoms with Crippen molar-refractivity contribution in [3.05, 3.63) is 70.3 Å². The van der Waals surface area contributed by atoms with Crippen LogP contribution in [0.25, 0.3) is 0 Å². The molecule has 0 saturated carbocycles. The van der Waals surface area contributed by atoms with Gasteiger partial charge in [0.2, 0.25) is 0 Å². The molecule has 19 heavy (non-hydrogen) atoms. The maximum atomic E-state index is 3.67. The van der Waals surface area contributed by atoms with E-state index in [2.05, 4.69) is 61.6 Å². The third-order valence-corrected chi connectivity index (χ3v) is 3.95. The Labute approximate surface area is 121 Å². The predicted molar refractivity (Wildman–Crippen MR) is 83.2 cm³/mol. The predicted octanol–water partition coefficient (Wildman–Crippen LogP) is 3.96. The molecule has 0 spiro atoms. The molecule has 0 fully saturated rings. The monoisotopic (exact) mass is 273 g/mol. The highest BCUT2D eigenvalue weighted by atomic mass is 35.5. The van der Waals surface area contributed by atoms with Gasteiger partial charge >= 0.3 is 0 Å². The van der Waals surface area contributed by atoms with Crippen molar-refractivity contribution in [1.29, 1.82) is 0 Å². The smallest absolute Gasteiger partial charge is 0.0584 e. The third-order valence-electron chi connectivity index (χ3n) is 3.95. The molecule has 0 radical (unpaired) electrons. The van der Waals surface area contributed by atoms with E-state index in [0.717, 1.165) is 13.0 Å². The molecule has 0 bridgehead atoms. The van der Waals surface area contributed by atoms with Gasteiger partial charge < -0.3 is 5.32 Å². The number of fused-ring (bicyclic) bond motifs is 1. The first-order valence-corrected chi connectivity index (χ1v) is 6.64. The van der Waals surface area contributed by atoms with Gasteiger partial charge in [-0.25, -0.2) is 0 Å². The van der Waals surface area contributed by atoms with Gasteiger partial charge in [-0.05, 0) is 48.1 Å². The van der Waals surface area contributed by atoms with E-state index in [1.165, 1.54) is 27.8 Å². The number of benzene rings is 2.